The molecule has 2 atom stereocenters. The molecule has 3 heterocycles. The Morgan fingerprint density at radius 3 is 2.96 bits per heavy atom. The summed E-state index contributed by atoms with van der Waals surface area (Å²) in [4.78, 5) is 14.8. The number of carbonyl (C=O) groups is 1. The molecule has 4 rings (SSSR count). The lowest BCUT2D eigenvalue weighted by atomic mass is 9.73. The number of likely N-dealkylation sites (tertiary alicyclic amines) is 1. The average Bonchev–Trinajstić information content (AvgIpc) is 3.21. The van der Waals surface area contributed by atoms with Crippen molar-refractivity contribution in [3.63, 3.8) is 0 Å². The van der Waals surface area contributed by atoms with Gasteiger partial charge in [-0.2, -0.15) is 10.2 Å². The largest absolute Gasteiger partial charge is 0.380 e. The van der Waals surface area contributed by atoms with E-state index in [2.05, 4.69) is 10.2 Å². The predicted molar refractivity (Wildman–Crippen MR) is 96.7 cm³/mol. The fourth-order valence-electron chi connectivity index (χ4n) is 4.88. The number of ether oxygens (including phenoxy) is 2. The molecule has 0 unspecified atom stereocenters. The maximum absolute atomic E-state index is 12.9. The van der Waals surface area contributed by atoms with Crippen molar-refractivity contribution in [2.24, 2.45) is 11.3 Å². The molecule has 3 aliphatic rings. The summed E-state index contributed by atoms with van der Waals surface area (Å²) in [5.41, 5.74) is 0.544. The maximum atomic E-state index is 12.9. The van der Waals surface area contributed by atoms with E-state index in [1.54, 1.807) is 18.5 Å². The van der Waals surface area contributed by atoms with Gasteiger partial charge in [0.25, 0.3) is 5.91 Å². The first-order valence-corrected chi connectivity index (χ1v) is 10.0. The van der Waals surface area contributed by atoms with Gasteiger partial charge in [-0.15, -0.1) is 0 Å². The number of hydrogen-bond acceptors (Lipinski definition) is 5. The highest BCUT2D eigenvalue weighted by Gasteiger charge is 2.47. The molecule has 142 valence electrons. The fourth-order valence-corrected chi connectivity index (χ4v) is 4.88. The van der Waals surface area contributed by atoms with Crippen molar-refractivity contribution in [1.29, 1.82) is 0 Å². The first-order valence-electron chi connectivity index (χ1n) is 10.0. The molecule has 1 aromatic heterocycles. The predicted octanol–water partition coefficient (Wildman–Crippen LogP) is 2.69. The molecule has 6 heteroatoms. The van der Waals surface area contributed by atoms with Crippen molar-refractivity contribution in [3.05, 3.63) is 24.0 Å². The zero-order chi connectivity index (χ0) is 17.8. The van der Waals surface area contributed by atoms with Gasteiger partial charge in [-0.05, 0) is 44.1 Å². The Morgan fingerprint density at radius 2 is 2.15 bits per heavy atom. The van der Waals surface area contributed by atoms with Crippen LogP contribution in [0.4, 0.5) is 0 Å². The van der Waals surface area contributed by atoms with Crippen LogP contribution in [0.5, 0.6) is 0 Å². The highest BCUT2D eigenvalue weighted by Crippen LogP contribution is 2.41. The summed E-state index contributed by atoms with van der Waals surface area (Å²) >= 11 is 0. The number of fused-ring (bicyclic) bond motifs is 1. The van der Waals surface area contributed by atoms with Crippen molar-refractivity contribution >= 4 is 5.91 Å². The van der Waals surface area contributed by atoms with Gasteiger partial charge in [-0.3, -0.25) is 4.79 Å². The number of amides is 1. The Labute approximate surface area is 155 Å². The van der Waals surface area contributed by atoms with Crippen molar-refractivity contribution in [2.45, 2.75) is 51.0 Å². The SMILES string of the molecule is O=C(c1ccnnc1)N1CC[C@H]2OCCC[C@]2(COCC2CCCC2)C1. The van der Waals surface area contributed by atoms with Gasteiger partial charge >= 0.3 is 0 Å². The summed E-state index contributed by atoms with van der Waals surface area (Å²) in [6.45, 7) is 3.83. The van der Waals surface area contributed by atoms with E-state index in [1.807, 2.05) is 4.90 Å². The van der Waals surface area contributed by atoms with Crippen LogP contribution in [-0.4, -0.2) is 60.0 Å². The zero-order valence-corrected chi connectivity index (χ0v) is 15.4. The van der Waals surface area contributed by atoms with Crippen LogP contribution in [0, 0.1) is 11.3 Å². The molecule has 2 saturated heterocycles. The monoisotopic (exact) mass is 359 g/mol. The first kappa shape index (κ1) is 17.9. The quantitative estimate of drug-likeness (QED) is 0.809. The van der Waals surface area contributed by atoms with Crippen LogP contribution >= 0.6 is 0 Å². The first-order chi connectivity index (χ1) is 12.8. The van der Waals surface area contributed by atoms with E-state index in [0.29, 0.717) is 18.7 Å². The van der Waals surface area contributed by atoms with Gasteiger partial charge in [0, 0.05) is 31.7 Å². The van der Waals surface area contributed by atoms with Gasteiger partial charge in [0.2, 0.25) is 0 Å². The van der Waals surface area contributed by atoms with Crippen molar-refractivity contribution in [2.75, 3.05) is 32.9 Å². The zero-order valence-electron chi connectivity index (χ0n) is 15.4. The summed E-state index contributed by atoms with van der Waals surface area (Å²) in [7, 11) is 0. The number of rotatable bonds is 5. The van der Waals surface area contributed by atoms with E-state index in [0.717, 1.165) is 44.9 Å². The van der Waals surface area contributed by atoms with Crippen LogP contribution in [0.1, 0.15) is 55.3 Å². The van der Waals surface area contributed by atoms with Gasteiger partial charge in [0.05, 0.1) is 30.7 Å². The Balaban J connectivity index is 1.43. The van der Waals surface area contributed by atoms with E-state index in [9.17, 15) is 4.79 Å². The Morgan fingerprint density at radius 1 is 1.27 bits per heavy atom. The molecule has 1 saturated carbocycles. The summed E-state index contributed by atoms with van der Waals surface area (Å²) in [5, 5.41) is 7.62. The highest BCUT2D eigenvalue weighted by molar-refractivity contribution is 5.93. The van der Waals surface area contributed by atoms with Gasteiger partial charge < -0.3 is 14.4 Å². The molecule has 6 nitrogen and oxygen atoms in total. The molecule has 0 bridgehead atoms. The normalized spacial score (nSPS) is 29.5. The van der Waals surface area contributed by atoms with Gasteiger partial charge in [-0.1, -0.05) is 12.8 Å². The number of nitrogens with zero attached hydrogens (tertiary/aromatic N) is 3. The lowest BCUT2D eigenvalue weighted by Crippen LogP contribution is -2.58. The van der Waals surface area contributed by atoms with Gasteiger partial charge in [0.15, 0.2) is 0 Å². The van der Waals surface area contributed by atoms with Crippen LogP contribution in [0.2, 0.25) is 0 Å². The second kappa shape index (κ2) is 8.01. The standard InChI is InChI=1S/C20H29N3O3/c24-19(17-6-9-21-22-12-17)23-10-7-18-20(14-23,8-3-11-26-18)15-25-13-16-4-1-2-5-16/h6,9,12,16,18H,1-5,7-8,10-11,13-15H2/t18-,20-/m1/s1. The van der Waals surface area contributed by atoms with E-state index < -0.39 is 0 Å². The maximum Gasteiger partial charge on any atom is 0.255 e. The van der Waals surface area contributed by atoms with Crippen LogP contribution in [-0.2, 0) is 9.47 Å². The van der Waals surface area contributed by atoms with Crippen LogP contribution in [0.3, 0.4) is 0 Å². The van der Waals surface area contributed by atoms with Crippen LogP contribution in [0.15, 0.2) is 18.5 Å². The van der Waals surface area contributed by atoms with Gasteiger partial charge in [0.1, 0.15) is 0 Å². The third-order valence-corrected chi connectivity index (χ3v) is 6.32. The molecule has 26 heavy (non-hydrogen) atoms. The average molecular weight is 359 g/mol. The van der Waals surface area contributed by atoms with E-state index >= 15 is 0 Å². The Bertz CT molecular complexity index is 606. The van der Waals surface area contributed by atoms with Crippen LogP contribution in [0.25, 0.3) is 0 Å². The molecule has 0 aromatic carbocycles. The number of carbonyl (C=O) groups excluding carboxylic acids is 1. The minimum atomic E-state index is -0.0643. The van der Waals surface area contributed by atoms with Crippen molar-refractivity contribution in [3.8, 4) is 0 Å². The summed E-state index contributed by atoms with van der Waals surface area (Å²) in [6, 6.07) is 1.74. The van der Waals surface area contributed by atoms with Crippen LogP contribution < -0.4 is 0 Å². The Kier molecular flexibility index (Phi) is 5.50. The molecule has 3 fully saturated rings. The number of piperidine rings is 1. The molecule has 1 aromatic rings. The summed E-state index contributed by atoms with van der Waals surface area (Å²) in [5.74, 6) is 0.762. The third-order valence-electron chi connectivity index (χ3n) is 6.32. The summed E-state index contributed by atoms with van der Waals surface area (Å²) < 4.78 is 12.3. The smallest absolute Gasteiger partial charge is 0.255 e. The second-order valence-corrected chi connectivity index (χ2v) is 8.14. The van der Waals surface area contributed by atoms with E-state index in [4.69, 9.17) is 9.47 Å². The topological polar surface area (TPSA) is 64.6 Å². The minimum absolute atomic E-state index is 0.0408. The molecule has 1 amide bonds. The lowest BCUT2D eigenvalue weighted by molar-refractivity contribution is -0.148. The lowest BCUT2D eigenvalue weighted by Gasteiger charge is -2.50. The molecule has 0 radical (unpaired) electrons. The van der Waals surface area contributed by atoms with Crippen molar-refractivity contribution < 1.29 is 14.3 Å². The summed E-state index contributed by atoms with van der Waals surface area (Å²) in [6.07, 6.45) is 11.6. The molecule has 1 aliphatic carbocycles. The number of hydrogen-bond donors (Lipinski definition) is 0. The fraction of sp³-hybridized carbons (Fsp3) is 0.750. The number of aromatic nitrogens is 2. The van der Waals surface area contributed by atoms with E-state index in [1.165, 1.54) is 25.7 Å². The molecule has 0 N–H and O–H groups in total. The molecule has 2 aliphatic heterocycles. The minimum Gasteiger partial charge on any atom is -0.380 e. The Hall–Kier alpha value is -1.53. The molecular weight excluding hydrogens is 330 g/mol. The molecule has 0 spiro atoms. The van der Waals surface area contributed by atoms with Gasteiger partial charge in [-0.25, -0.2) is 0 Å². The van der Waals surface area contributed by atoms with Crippen molar-refractivity contribution in [1.82, 2.24) is 15.1 Å². The second-order valence-electron chi connectivity index (χ2n) is 8.14. The highest BCUT2D eigenvalue weighted by atomic mass is 16.5. The van der Waals surface area contributed by atoms with E-state index in [-0.39, 0.29) is 17.4 Å². The molecular formula is C20H29N3O3. The third kappa shape index (κ3) is 3.76.